The van der Waals surface area contributed by atoms with Crippen molar-refractivity contribution >= 4 is 11.9 Å². The summed E-state index contributed by atoms with van der Waals surface area (Å²) in [5, 5.41) is 3.32. The van der Waals surface area contributed by atoms with Crippen molar-refractivity contribution in [3.63, 3.8) is 0 Å². The van der Waals surface area contributed by atoms with Gasteiger partial charge < -0.3 is 16.0 Å². The number of nitrogens with one attached hydrogen (secondary N) is 1. The van der Waals surface area contributed by atoms with Gasteiger partial charge in [0.2, 0.25) is 5.91 Å². The summed E-state index contributed by atoms with van der Waals surface area (Å²) in [5.74, 6) is 1.16. The molecule has 0 aromatic rings. The summed E-state index contributed by atoms with van der Waals surface area (Å²) in [5.41, 5.74) is 5.95. The SMILES string of the molecule is CCCN1CC(CN=C(N)NC2CCCCC2)CC1=O. The van der Waals surface area contributed by atoms with Crippen LogP contribution < -0.4 is 11.1 Å². The molecule has 2 aliphatic rings. The maximum atomic E-state index is 11.8. The summed E-state index contributed by atoms with van der Waals surface area (Å²) in [6.45, 7) is 4.48. The highest BCUT2D eigenvalue weighted by Gasteiger charge is 2.28. The van der Waals surface area contributed by atoms with Gasteiger partial charge >= 0.3 is 0 Å². The van der Waals surface area contributed by atoms with Crippen LogP contribution in [0.5, 0.6) is 0 Å². The number of guanidine groups is 1. The Bertz CT molecular complexity index is 350. The first-order chi connectivity index (χ1) is 9.69. The molecule has 1 amide bonds. The van der Waals surface area contributed by atoms with Gasteiger partial charge in [0.15, 0.2) is 5.96 Å². The van der Waals surface area contributed by atoms with Gasteiger partial charge in [-0.15, -0.1) is 0 Å². The van der Waals surface area contributed by atoms with Gasteiger partial charge in [-0.3, -0.25) is 9.79 Å². The predicted octanol–water partition coefficient (Wildman–Crippen LogP) is 1.48. The summed E-state index contributed by atoms with van der Waals surface area (Å²) in [6, 6.07) is 0.495. The molecule has 5 nitrogen and oxygen atoms in total. The molecule has 0 radical (unpaired) electrons. The Labute approximate surface area is 122 Å². The number of aliphatic imine (C=N–C) groups is 1. The van der Waals surface area contributed by atoms with E-state index < -0.39 is 0 Å². The van der Waals surface area contributed by atoms with Gasteiger partial charge in [0, 0.05) is 38.0 Å². The van der Waals surface area contributed by atoms with Gasteiger partial charge in [-0.25, -0.2) is 0 Å². The number of carbonyl (C=O) groups excluding carboxylic acids is 1. The van der Waals surface area contributed by atoms with Gasteiger partial charge in [-0.1, -0.05) is 26.2 Å². The Morgan fingerprint density at radius 1 is 1.40 bits per heavy atom. The van der Waals surface area contributed by atoms with Crippen molar-refractivity contribution in [2.45, 2.75) is 57.9 Å². The number of nitrogens with zero attached hydrogens (tertiary/aromatic N) is 2. The van der Waals surface area contributed by atoms with Crippen molar-refractivity contribution in [1.82, 2.24) is 10.2 Å². The third kappa shape index (κ3) is 4.39. The lowest BCUT2D eigenvalue weighted by Gasteiger charge is -2.23. The Balaban J connectivity index is 1.73. The molecule has 114 valence electrons. The maximum Gasteiger partial charge on any atom is 0.222 e. The van der Waals surface area contributed by atoms with E-state index in [1.54, 1.807) is 0 Å². The molecule has 2 fully saturated rings. The van der Waals surface area contributed by atoms with Gasteiger partial charge in [0.1, 0.15) is 0 Å². The molecule has 1 aliphatic heterocycles. The molecule has 1 unspecified atom stereocenters. The number of hydrogen-bond acceptors (Lipinski definition) is 2. The van der Waals surface area contributed by atoms with Crippen LogP contribution in [0.1, 0.15) is 51.9 Å². The van der Waals surface area contributed by atoms with E-state index in [4.69, 9.17) is 5.73 Å². The normalized spacial score (nSPS) is 25.2. The molecule has 0 bridgehead atoms. The summed E-state index contributed by atoms with van der Waals surface area (Å²) in [6.07, 6.45) is 7.95. The molecule has 20 heavy (non-hydrogen) atoms. The standard InChI is InChI=1S/C15H28N4O/c1-2-8-19-11-12(9-14(19)20)10-17-15(16)18-13-6-4-3-5-7-13/h12-13H,2-11H2,1H3,(H3,16,17,18). The Kier molecular flexibility index (Phi) is 5.68. The van der Waals surface area contributed by atoms with Gasteiger partial charge in [0.05, 0.1) is 0 Å². The minimum Gasteiger partial charge on any atom is -0.370 e. The second kappa shape index (κ2) is 7.50. The average Bonchev–Trinajstić information content (AvgIpc) is 2.79. The highest BCUT2D eigenvalue weighted by molar-refractivity contribution is 5.79. The third-order valence-corrected chi connectivity index (χ3v) is 4.27. The van der Waals surface area contributed by atoms with E-state index in [0.717, 1.165) is 19.5 Å². The van der Waals surface area contributed by atoms with Crippen molar-refractivity contribution < 1.29 is 4.79 Å². The van der Waals surface area contributed by atoms with Gasteiger partial charge in [-0.2, -0.15) is 0 Å². The first-order valence-corrected chi connectivity index (χ1v) is 8.03. The highest BCUT2D eigenvalue weighted by Crippen LogP contribution is 2.19. The van der Waals surface area contributed by atoms with E-state index in [2.05, 4.69) is 17.2 Å². The number of nitrogens with two attached hydrogens (primary N) is 1. The first-order valence-electron chi connectivity index (χ1n) is 8.03. The van der Waals surface area contributed by atoms with Gasteiger partial charge in [0.25, 0.3) is 0 Å². The second-order valence-electron chi connectivity index (χ2n) is 6.12. The summed E-state index contributed by atoms with van der Waals surface area (Å²) >= 11 is 0. The number of carbonyl (C=O) groups is 1. The molecule has 1 aliphatic carbocycles. The molecule has 3 N–H and O–H groups in total. The molecule has 1 saturated heterocycles. The molecular formula is C15H28N4O. The van der Waals surface area contributed by atoms with Crippen LogP contribution in [-0.2, 0) is 4.79 Å². The fourth-order valence-electron chi connectivity index (χ4n) is 3.19. The first kappa shape index (κ1) is 15.1. The van der Waals surface area contributed by atoms with Crippen LogP contribution >= 0.6 is 0 Å². The van der Waals surface area contributed by atoms with E-state index >= 15 is 0 Å². The van der Waals surface area contributed by atoms with Crippen LogP contribution in [0.25, 0.3) is 0 Å². The fraction of sp³-hybridized carbons (Fsp3) is 0.867. The molecule has 1 saturated carbocycles. The van der Waals surface area contributed by atoms with Crippen molar-refractivity contribution in [3.05, 3.63) is 0 Å². The fourth-order valence-corrected chi connectivity index (χ4v) is 3.19. The summed E-state index contributed by atoms with van der Waals surface area (Å²) < 4.78 is 0. The van der Waals surface area contributed by atoms with Crippen molar-refractivity contribution in [3.8, 4) is 0 Å². The van der Waals surface area contributed by atoms with Crippen LogP contribution in [0.3, 0.4) is 0 Å². The molecule has 1 heterocycles. The number of likely N-dealkylation sites (tertiary alicyclic amines) is 1. The Hall–Kier alpha value is -1.26. The van der Waals surface area contributed by atoms with E-state index in [1.807, 2.05) is 4.90 Å². The quantitative estimate of drug-likeness (QED) is 0.592. The number of amides is 1. The molecule has 0 spiro atoms. The van der Waals surface area contributed by atoms with E-state index in [1.165, 1.54) is 32.1 Å². The smallest absolute Gasteiger partial charge is 0.222 e. The minimum atomic E-state index is 0.269. The largest absolute Gasteiger partial charge is 0.370 e. The van der Waals surface area contributed by atoms with Crippen LogP contribution in [0.4, 0.5) is 0 Å². The zero-order valence-electron chi connectivity index (χ0n) is 12.6. The summed E-state index contributed by atoms with van der Waals surface area (Å²) in [7, 11) is 0. The van der Waals surface area contributed by atoms with Crippen LogP contribution in [0, 0.1) is 5.92 Å². The van der Waals surface area contributed by atoms with Crippen molar-refractivity contribution in [2.24, 2.45) is 16.6 Å². The van der Waals surface area contributed by atoms with Crippen molar-refractivity contribution in [1.29, 1.82) is 0 Å². The Morgan fingerprint density at radius 3 is 2.85 bits per heavy atom. The lowest BCUT2D eigenvalue weighted by Crippen LogP contribution is -2.41. The summed E-state index contributed by atoms with van der Waals surface area (Å²) in [4.78, 5) is 18.1. The lowest BCUT2D eigenvalue weighted by atomic mass is 9.96. The van der Waals surface area contributed by atoms with Crippen LogP contribution in [-0.4, -0.2) is 42.4 Å². The average molecular weight is 280 g/mol. The molecule has 0 aromatic heterocycles. The molecule has 2 rings (SSSR count). The predicted molar refractivity (Wildman–Crippen MR) is 81.5 cm³/mol. The monoisotopic (exact) mass is 280 g/mol. The van der Waals surface area contributed by atoms with E-state index in [0.29, 0.717) is 30.9 Å². The zero-order valence-corrected chi connectivity index (χ0v) is 12.6. The van der Waals surface area contributed by atoms with E-state index in [-0.39, 0.29) is 5.91 Å². The maximum absolute atomic E-state index is 11.8. The third-order valence-electron chi connectivity index (χ3n) is 4.27. The minimum absolute atomic E-state index is 0.269. The molecule has 0 aromatic carbocycles. The highest BCUT2D eigenvalue weighted by atomic mass is 16.2. The second-order valence-corrected chi connectivity index (χ2v) is 6.12. The topological polar surface area (TPSA) is 70.7 Å². The zero-order chi connectivity index (χ0) is 14.4. The molecule has 1 atom stereocenters. The Morgan fingerprint density at radius 2 is 2.15 bits per heavy atom. The van der Waals surface area contributed by atoms with Gasteiger partial charge in [-0.05, 0) is 19.3 Å². The molecular weight excluding hydrogens is 252 g/mol. The van der Waals surface area contributed by atoms with Crippen molar-refractivity contribution in [2.75, 3.05) is 19.6 Å². The van der Waals surface area contributed by atoms with Crippen LogP contribution in [0.15, 0.2) is 4.99 Å². The molecule has 5 heteroatoms. The van der Waals surface area contributed by atoms with Crippen LogP contribution in [0.2, 0.25) is 0 Å². The number of hydrogen-bond donors (Lipinski definition) is 2. The lowest BCUT2D eigenvalue weighted by molar-refractivity contribution is -0.127. The van der Waals surface area contributed by atoms with E-state index in [9.17, 15) is 4.79 Å². The number of rotatable bonds is 5.